The van der Waals surface area contributed by atoms with Gasteiger partial charge in [-0.15, -0.1) is 0 Å². The van der Waals surface area contributed by atoms with Gasteiger partial charge in [0.1, 0.15) is 0 Å². The first kappa shape index (κ1) is 15.5. The number of nitrogens with one attached hydrogen (secondary N) is 1. The number of benzene rings is 1. The Kier molecular flexibility index (Phi) is 4.86. The van der Waals surface area contributed by atoms with E-state index in [1.807, 2.05) is 32.0 Å². The van der Waals surface area contributed by atoms with Crippen LogP contribution in [0.5, 0.6) is 0 Å². The molecule has 3 unspecified atom stereocenters. The molecule has 110 valence electrons. The fourth-order valence-corrected chi connectivity index (χ4v) is 3.41. The zero-order valence-corrected chi connectivity index (χ0v) is 14.2. The lowest BCUT2D eigenvalue weighted by Gasteiger charge is -2.31. The fourth-order valence-electron chi connectivity index (χ4n) is 3.03. The summed E-state index contributed by atoms with van der Waals surface area (Å²) in [5, 5.41) is 3.02. The van der Waals surface area contributed by atoms with Crippen LogP contribution in [0.3, 0.4) is 0 Å². The van der Waals surface area contributed by atoms with Crippen molar-refractivity contribution in [2.24, 2.45) is 0 Å². The third-order valence-corrected chi connectivity index (χ3v) is 5.14. The van der Waals surface area contributed by atoms with Gasteiger partial charge in [0.05, 0.1) is 6.04 Å². The smallest absolute Gasteiger partial charge is 0.241 e. The molecule has 0 radical (unpaired) electrons. The summed E-state index contributed by atoms with van der Waals surface area (Å²) < 4.78 is 1.02. The molecule has 1 aliphatic heterocycles. The molecule has 1 N–H and O–H groups in total. The Morgan fingerprint density at radius 3 is 2.50 bits per heavy atom. The van der Waals surface area contributed by atoms with E-state index < -0.39 is 0 Å². The van der Waals surface area contributed by atoms with Crippen molar-refractivity contribution in [2.45, 2.75) is 58.7 Å². The number of hydrogen-bond acceptors (Lipinski definition) is 2. The molecular weight excluding hydrogens is 316 g/mol. The molecule has 1 heterocycles. The van der Waals surface area contributed by atoms with Gasteiger partial charge in [-0.1, -0.05) is 22.0 Å². The maximum absolute atomic E-state index is 12.4. The Hall–Kier alpha value is -0.870. The lowest BCUT2D eigenvalue weighted by Crippen LogP contribution is -2.46. The van der Waals surface area contributed by atoms with Crippen LogP contribution in [0.15, 0.2) is 22.7 Å². The van der Waals surface area contributed by atoms with E-state index in [1.54, 1.807) is 0 Å². The number of carbonyl (C=O) groups is 1. The highest BCUT2D eigenvalue weighted by Crippen LogP contribution is 2.27. The molecule has 3 nitrogen and oxygen atoms in total. The molecule has 1 amide bonds. The minimum absolute atomic E-state index is 0.0707. The monoisotopic (exact) mass is 338 g/mol. The Morgan fingerprint density at radius 2 is 1.95 bits per heavy atom. The molecule has 2 rings (SSSR count). The van der Waals surface area contributed by atoms with Crippen molar-refractivity contribution in [1.82, 2.24) is 4.90 Å². The Balaban J connectivity index is 2.05. The number of carbonyl (C=O) groups excluding carboxylic acids is 1. The summed E-state index contributed by atoms with van der Waals surface area (Å²) in [6.45, 7) is 8.44. The van der Waals surface area contributed by atoms with Crippen molar-refractivity contribution in [3.63, 3.8) is 0 Å². The first-order chi connectivity index (χ1) is 9.40. The van der Waals surface area contributed by atoms with Gasteiger partial charge in [0.2, 0.25) is 5.91 Å². The SMILES string of the molecule is Cc1ccc(NC(=O)C(C)N2C(C)CCC2C)cc1Br. The number of rotatable bonds is 3. The average molecular weight is 339 g/mol. The van der Waals surface area contributed by atoms with Crippen LogP contribution in [0, 0.1) is 6.92 Å². The topological polar surface area (TPSA) is 32.3 Å². The zero-order valence-electron chi connectivity index (χ0n) is 12.6. The van der Waals surface area contributed by atoms with Crippen LogP contribution in [-0.2, 0) is 4.79 Å². The van der Waals surface area contributed by atoms with Crippen molar-refractivity contribution in [3.8, 4) is 0 Å². The molecule has 20 heavy (non-hydrogen) atoms. The van der Waals surface area contributed by atoms with E-state index in [1.165, 1.54) is 12.8 Å². The van der Waals surface area contributed by atoms with Gasteiger partial charge in [0.25, 0.3) is 0 Å². The van der Waals surface area contributed by atoms with Gasteiger partial charge in [-0.05, 0) is 58.2 Å². The molecule has 0 bridgehead atoms. The van der Waals surface area contributed by atoms with Crippen molar-refractivity contribution in [1.29, 1.82) is 0 Å². The number of halogens is 1. The molecule has 1 aromatic carbocycles. The largest absolute Gasteiger partial charge is 0.325 e. The van der Waals surface area contributed by atoms with Gasteiger partial charge in [0.15, 0.2) is 0 Å². The van der Waals surface area contributed by atoms with Crippen LogP contribution in [0.25, 0.3) is 0 Å². The number of likely N-dealkylation sites (tertiary alicyclic amines) is 1. The van der Waals surface area contributed by atoms with E-state index >= 15 is 0 Å². The second kappa shape index (κ2) is 6.27. The normalized spacial score (nSPS) is 24.6. The summed E-state index contributed by atoms with van der Waals surface area (Å²) in [5.74, 6) is 0.0707. The molecule has 0 saturated carbocycles. The quantitative estimate of drug-likeness (QED) is 0.904. The third-order valence-electron chi connectivity index (χ3n) is 4.29. The predicted molar refractivity (Wildman–Crippen MR) is 87.0 cm³/mol. The van der Waals surface area contributed by atoms with Gasteiger partial charge in [0, 0.05) is 22.2 Å². The summed E-state index contributed by atoms with van der Waals surface area (Å²) >= 11 is 3.50. The Bertz CT molecular complexity index is 493. The maximum Gasteiger partial charge on any atom is 0.241 e. The highest BCUT2D eigenvalue weighted by Gasteiger charge is 2.34. The van der Waals surface area contributed by atoms with Gasteiger partial charge in [-0.2, -0.15) is 0 Å². The summed E-state index contributed by atoms with van der Waals surface area (Å²) in [7, 11) is 0. The van der Waals surface area contributed by atoms with Crippen LogP contribution >= 0.6 is 15.9 Å². The highest BCUT2D eigenvalue weighted by molar-refractivity contribution is 9.10. The predicted octanol–water partition coefficient (Wildman–Crippen LogP) is 3.96. The summed E-state index contributed by atoms with van der Waals surface area (Å²) in [4.78, 5) is 14.7. The summed E-state index contributed by atoms with van der Waals surface area (Å²) in [6.07, 6.45) is 2.35. The standard InChI is InChI=1S/C16H23BrN2O/c1-10-5-8-14(9-15(10)17)18-16(20)13(4)19-11(2)6-7-12(19)3/h5,8-9,11-13H,6-7H2,1-4H3,(H,18,20). The van der Waals surface area contributed by atoms with Crippen LogP contribution < -0.4 is 5.32 Å². The van der Waals surface area contributed by atoms with Crippen LogP contribution in [-0.4, -0.2) is 28.9 Å². The molecular formula is C16H23BrN2O. The minimum atomic E-state index is -0.0948. The first-order valence-corrected chi connectivity index (χ1v) is 8.04. The van der Waals surface area contributed by atoms with Crippen LogP contribution in [0.2, 0.25) is 0 Å². The van der Waals surface area contributed by atoms with Crippen molar-refractivity contribution >= 4 is 27.5 Å². The van der Waals surface area contributed by atoms with E-state index in [9.17, 15) is 4.79 Å². The Labute approximate surface area is 129 Å². The number of anilines is 1. The van der Waals surface area contributed by atoms with Gasteiger partial charge in [-0.25, -0.2) is 0 Å². The minimum Gasteiger partial charge on any atom is -0.325 e. The van der Waals surface area contributed by atoms with E-state index in [-0.39, 0.29) is 11.9 Å². The van der Waals surface area contributed by atoms with Crippen LogP contribution in [0.4, 0.5) is 5.69 Å². The fraction of sp³-hybridized carbons (Fsp3) is 0.562. The van der Waals surface area contributed by atoms with Crippen molar-refractivity contribution in [2.75, 3.05) is 5.32 Å². The molecule has 1 saturated heterocycles. The van der Waals surface area contributed by atoms with Gasteiger partial charge < -0.3 is 5.32 Å². The van der Waals surface area contributed by atoms with E-state index in [2.05, 4.69) is 40.0 Å². The van der Waals surface area contributed by atoms with Crippen molar-refractivity contribution in [3.05, 3.63) is 28.2 Å². The number of aryl methyl sites for hydroxylation is 1. The second-order valence-electron chi connectivity index (χ2n) is 5.85. The van der Waals surface area contributed by atoms with E-state index in [4.69, 9.17) is 0 Å². The number of amides is 1. The van der Waals surface area contributed by atoms with Gasteiger partial charge >= 0.3 is 0 Å². The lowest BCUT2D eigenvalue weighted by atomic mass is 10.2. The molecule has 1 aliphatic rings. The summed E-state index contributed by atoms with van der Waals surface area (Å²) in [6, 6.07) is 6.78. The second-order valence-corrected chi connectivity index (χ2v) is 6.71. The van der Waals surface area contributed by atoms with Crippen LogP contribution in [0.1, 0.15) is 39.2 Å². The lowest BCUT2D eigenvalue weighted by molar-refractivity contribution is -0.121. The third kappa shape index (κ3) is 3.23. The Morgan fingerprint density at radius 1 is 1.35 bits per heavy atom. The van der Waals surface area contributed by atoms with Gasteiger partial charge in [-0.3, -0.25) is 9.69 Å². The highest BCUT2D eigenvalue weighted by atomic mass is 79.9. The van der Waals surface area contributed by atoms with E-state index in [0.717, 1.165) is 15.7 Å². The van der Waals surface area contributed by atoms with E-state index in [0.29, 0.717) is 12.1 Å². The molecule has 0 aromatic heterocycles. The van der Waals surface area contributed by atoms with Crippen molar-refractivity contribution < 1.29 is 4.79 Å². The average Bonchev–Trinajstić information content (AvgIpc) is 2.72. The first-order valence-electron chi connectivity index (χ1n) is 7.24. The zero-order chi connectivity index (χ0) is 14.9. The molecule has 1 fully saturated rings. The summed E-state index contributed by atoms with van der Waals surface area (Å²) in [5.41, 5.74) is 2.01. The maximum atomic E-state index is 12.4. The molecule has 3 atom stereocenters. The molecule has 0 aliphatic carbocycles. The molecule has 0 spiro atoms. The molecule has 4 heteroatoms. The number of nitrogens with zero attached hydrogens (tertiary/aromatic N) is 1. The molecule has 1 aromatic rings. The number of hydrogen-bond donors (Lipinski definition) is 1.